The molecule has 1 aromatic heterocycles. The number of hydrogen-bond acceptors (Lipinski definition) is 3. The summed E-state index contributed by atoms with van der Waals surface area (Å²) in [5, 5.41) is 2.87. The van der Waals surface area contributed by atoms with E-state index in [0.29, 0.717) is 12.1 Å². The van der Waals surface area contributed by atoms with Gasteiger partial charge in [0.25, 0.3) is 0 Å². The lowest BCUT2D eigenvalue weighted by Gasteiger charge is -2.11. The summed E-state index contributed by atoms with van der Waals surface area (Å²) >= 11 is 0. The number of amides is 1. The lowest BCUT2D eigenvalue weighted by atomic mass is 10.0. The van der Waals surface area contributed by atoms with Crippen LogP contribution < -0.4 is 5.32 Å². The van der Waals surface area contributed by atoms with E-state index < -0.39 is 0 Å². The third kappa shape index (κ3) is 2.32. The molecule has 1 aromatic carbocycles. The number of pyridine rings is 1. The summed E-state index contributed by atoms with van der Waals surface area (Å²) in [5.74, 6) is -0.426. The Balaban J connectivity index is 1.71. The Morgan fingerprint density at radius 2 is 2.10 bits per heavy atom. The van der Waals surface area contributed by atoms with Gasteiger partial charge < -0.3 is 5.32 Å². The van der Waals surface area contributed by atoms with Crippen molar-refractivity contribution in [3.8, 4) is 0 Å². The Kier molecular flexibility index (Phi) is 3.29. The molecule has 20 heavy (non-hydrogen) atoms. The van der Waals surface area contributed by atoms with Crippen LogP contribution >= 0.6 is 0 Å². The highest BCUT2D eigenvalue weighted by Gasteiger charge is 2.33. The third-order valence-corrected chi connectivity index (χ3v) is 3.53. The number of aromatic nitrogens is 1. The van der Waals surface area contributed by atoms with E-state index in [0.717, 1.165) is 11.1 Å². The molecule has 1 atom stereocenters. The predicted molar refractivity (Wildman–Crippen MR) is 74.2 cm³/mol. The molecule has 3 rings (SSSR count). The normalized spacial score (nSPS) is 16.8. The number of carbonyl (C=O) groups excluding carboxylic acids is 2. The molecule has 0 radical (unpaired) electrons. The molecule has 1 N–H and O–H groups in total. The Labute approximate surface area is 116 Å². The first-order valence-electron chi connectivity index (χ1n) is 6.54. The molecule has 0 saturated carbocycles. The number of fused-ring (bicyclic) bond motifs is 1. The number of nitrogens with zero attached hydrogens (tertiary/aromatic N) is 1. The lowest BCUT2D eigenvalue weighted by Crippen LogP contribution is -2.28. The molecule has 0 bridgehead atoms. The van der Waals surface area contributed by atoms with Gasteiger partial charge >= 0.3 is 0 Å². The first kappa shape index (κ1) is 12.5. The van der Waals surface area contributed by atoms with Crippen LogP contribution in [0.25, 0.3) is 0 Å². The summed E-state index contributed by atoms with van der Waals surface area (Å²) in [6, 6.07) is 11.1. The summed E-state index contributed by atoms with van der Waals surface area (Å²) in [6.07, 6.45) is 3.67. The van der Waals surface area contributed by atoms with Gasteiger partial charge in [0.2, 0.25) is 5.91 Å². The zero-order chi connectivity index (χ0) is 13.9. The van der Waals surface area contributed by atoms with Crippen molar-refractivity contribution in [3.63, 3.8) is 0 Å². The Morgan fingerprint density at radius 1 is 1.25 bits per heavy atom. The molecule has 4 nitrogen and oxygen atoms in total. The van der Waals surface area contributed by atoms with Crippen LogP contribution in [0.1, 0.15) is 33.8 Å². The fourth-order valence-electron chi connectivity index (χ4n) is 2.51. The summed E-state index contributed by atoms with van der Waals surface area (Å²) in [7, 11) is 0. The number of ketones is 1. The van der Waals surface area contributed by atoms with Crippen molar-refractivity contribution in [1.29, 1.82) is 0 Å². The van der Waals surface area contributed by atoms with Gasteiger partial charge in [0, 0.05) is 30.9 Å². The smallest absolute Gasteiger partial charge is 0.228 e. The topological polar surface area (TPSA) is 59.1 Å². The van der Waals surface area contributed by atoms with Crippen molar-refractivity contribution in [2.45, 2.75) is 18.9 Å². The van der Waals surface area contributed by atoms with Crippen LogP contribution in [0.2, 0.25) is 0 Å². The molecule has 1 aliphatic carbocycles. The molecule has 100 valence electrons. The van der Waals surface area contributed by atoms with E-state index in [2.05, 4.69) is 10.3 Å². The standard InChI is InChI=1S/C16H14N2O2/c19-15-8-14(12-5-1-2-6-13(12)15)16(20)18-10-11-4-3-7-17-9-11/h1-7,9,14H,8,10H2,(H,18,20). The number of nitrogens with one attached hydrogen (secondary N) is 1. The monoisotopic (exact) mass is 266 g/mol. The fraction of sp³-hybridized carbons (Fsp3) is 0.188. The number of benzene rings is 1. The maximum atomic E-state index is 12.2. The minimum Gasteiger partial charge on any atom is -0.351 e. The van der Waals surface area contributed by atoms with Crippen molar-refractivity contribution in [1.82, 2.24) is 10.3 Å². The van der Waals surface area contributed by atoms with Crippen molar-refractivity contribution < 1.29 is 9.59 Å². The van der Waals surface area contributed by atoms with Gasteiger partial charge in [-0.1, -0.05) is 30.3 Å². The summed E-state index contributed by atoms with van der Waals surface area (Å²) in [6.45, 7) is 0.430. The molecule has 1 unspecified atom stereocenters. The van der Waals surface area contributed by atoms with Crippen LogP contribution in [-0.2, 0) is 11.3 Å². The molecule has 1 aliphatic rings. The SMILES string of the molecule is O=C1CC(C(=O)NCc2cccnc2)c2ccccc21. The van der Waals surface area contributed by atoms with E-state index in [1.165, 1.54) is 0 Å². The molecule has 2 aromatic rings. The highest BCUT2D eigenvalue weighted by Crippen LogP contribution is 2.32. The van der Waals surface area contributed by atoms with Gasteiger partial charge in [0.05, 0.1) is 5.92 Å². The lowest BCUT2D eigenvalue weighted by molar-refractivity contribution is -0.122. The summed E-state index contributed by atoms with van der Waals surface area (Å²) < 4.78 is 0. The van der Waals surface area contributed by atoms with E-state index in [9.17, 15) is 9.59 Å². The van der Waals surface area contributed by atoms with Gasteiger partial charge in [-0.3, -0.25) is 14.6 Å². The largest absolute Gasteiger partial charge is 0.351 e. The van der Waals surface area contributed by atoms with Crippen LogP contribution in [0.3, 0.4) is 0 Å². The van der Waals surface area contributed by atoms with Gasteiger partial charge in [-0.05, 0) is 17.2 Å². The van der Waals surface area contributed by atoms with Gasteiger partial charge in [0.15, 0.2) is 5.78 Å². The van der Waals surface area contributed by atoms with E-state index >= 15 is 0 Å². The third-order valence-electron chi connectivity index (χ3n) is 3.53. The van der Waals surface area contributed by atoms with E-state index in [-0.39, 0.29) is 24.0 Å². The Bertz CT molecular complexity index is 653. The number of hydrogen-bond donors (Lipinski definition) is 1. The van der Waals surface area contributed by atoms with Crippen molar-refractivity contribution in [2.75, 3.05) is 0 Å². The first-order chi connectivity index (χ1) is 9.75. The van der Waals surface area contributed by atoms with Gasteiger partial charge in [-0.15, -0.1) is 0 Å². The minimum atomic E-state index is -0.365. The minimum absolute atomic E-state index is 0.0436. The Hall–Kier alpha value is -2.49. The second-order valence-corrected chi connectivity index (χ2v) is 4.85. The number of rotatable bonds is 3. The van der Waals surface area contributed by atoms with Crippen molar-refractivity contribution in [3.05, 3.63) is 65.5 Å². The van der Waals surface area contributed by atoms with Crippen LogP contribution in [0, 0.1) is 0 Å². The van der Waals surface area contributed by atoms with Crippen LogP contribution in [0.5, 0.6) is 0 Å². The zero-order valence-corrected chi connectivity index (χ0v) is 10.9. The average molecular weight is 266 g/mol. The molecule has 4 heteroatoms. The van der Waals surface area contributed by atoms with Crippen molar-refractivity contribution >= 4 is 11.7 Å². The maximum absolute atomic E-state index is 12.2. The quantitative estimate of drug-likeness (QED) is 0.925. The summed E-state index contributed by atoms with van der Waals surface area (Å²) in [4.78, 5) is 28.1. The fourth-order valence-corrected chi connectivity index (χ4v) is 2.51. The molecule has 0 aliphatic heterocycles. The van der Waals surface area contributed by atoms with Crippen LogP contribution in [0.4, 0.5) is 0 Å². The zero-order valence-electron chi connectivity index (χ0n) is 10.9. The first-order valence-corrected chi connectivity index (χ1v) is 6.54. The number of Topliss-reactive ketones (excluding diaryl/α,β-unsaturated/α-hetero) is 1. The molecule has 0 fully saturated rings. The second kappa shape index (κ2) is 5.25. The molecular formula is C16H14N2O2. The molecule has 1 heterocycles. The Morgan fingerprint density at radius 3 is 2.90 bits per heavy atom. The molecule has 0 saturated heterocycles. The number of carbonyl (C=O) groups is 2. The second-order valence-electron chi connectivity index (χ2n) is 4.85. The average Bonchev–Trinajstić information content (AvgIpc) is 2.84. The highest BCUT2D eigenvalue weighted by atomic mass is 16.2. The van der Waals surface area contributed by atoms with E-state index in [4.69, 9.17) is 0 Å². The molecule has 0 spiro atoms. The van der Waals surface area contributed by atoms with Crippen LogP contribution in [0.15, 0.2) is 48.8 Å². The van der Waals surface area contributed by atoms with Gasteiger partial charge in [-0.2, -0.15) is 0 Å². The van der Waals surface area contributed by atoms with Gasteiger partial charge in [0.1, 0.15) is 0 Å². The van der Waals surface area contributed by atoms with Crippen LogP contribution in [-0.4, -0.2) is 16.7 Å². The molecular weight excluding hydrogens is 252 g/mol. The summed E-state index contributed by atoms with van der Waals surface area (Å²) in [5.41, 5.74) is 2.45. The molecule has 1 amide bonds. The highest BCUT2D eigenvalue weighted by molar-refractivity contribution is 6.06. The van der Waals surface area contributed by atoms with Crippen molar-refractivity contribution in [2.24, 2.45) is 0 Å². The predicted octanol–water partition coefficient (Wildman–Crippen LogP) is 2.07. The van der Waals surface area contributed by atoms with Gasteiger partial charge in [-0.25, -0.2) is 0 Å². The van der Waals surface area contributed by atoms with E-state index in [1.54, 1.807) is 18.5 Å². The maximum Gasteiger partial charge on any atom is 0.228 e. The van der Waals surface area contributed by atoms with E-state index in [1.807, 2.05) is 30.3 Å².